The number of nitrogens with one attached hydrogen (secondary N) is 1. The summed E-state index contributed by atoms with van der Waals surface area (Å²) in [5, 5.41) is 43.3. The Morgan fingerprint density at radius 2 is 1.75 bits per heavy atom. The Hall–Kier alpha value is -2.56. The van der Waals surface area contributed by atoms with Crippen molar-refractivity contribution >= 4 is 29.4 Å². The summed E-state index contributed by atoms with van der Waals surface area (Å²) in [4.78, 5) is 35.2. The zero-order valence-corrected chi connectivity index (χ0v) is 36.1. The lowest BCUT2D eigenvalue weighted by Crippen LogP contribution is -2.60. The zero-order valence-electron chi connectivity index (χ0n) is 35.4. The number of benzene rings is 1. The normalized spacial score (nSPS) is 38.4. The minimum absolute atomic E-state index is 0.0355. The average Bonchev–Trinajstić information content (AvgIpc) is 3.15. The van der Waals surface area contributed by atoms with E-state index in [9.17, 15) is 24.9 Å². The van der Waals surface area contributed by atoms with Gasteiger partial charge in [0.25, 0.3) is 0 Å². The van der Waals surface area contributed by atoms with Gasteiger partial charge in [-0.15, -0.1) is 0 Å². The van der Waals surface area contributed by atoms with Crippen molar-refractivity contribution in [2.75, 3.05) is 27.7 Å². The molecule has 1 aromatic rings. The number of hydrogen-bond donors (Lipinski definition) is 4. The van der Waals surface area contributed by atoms with Crippen LogP contribution in [-0.2, 0) is 39.9 Å². The maximum absolute atomic E-state index is 14.1. The Morgan fingerprint density at radius 3 is 2.34 bits per heavy atom. The quantitative estimate of drug-likeness (QED) is 0.167. The molecule has 0 aromatic heterocycles. The van der Waals surface area contributed by atoms with E-state index in [1.165, 1.54) is 14.0 Å². The van der Waals surface area contributed by atoms with Crippen LogP contribution >= 0.6 is 11.6 Å². The standard InChI is InChI=1S/C41H68ClN3O11/c1-13-19-43-39(49)55-34-26(6)36(56-38-33(46)30(45(10)11)20-24(4)53-38)40(8,51-12)21-23(3)32(44-52-22-28-17-15-16-18-29(28)42)25(5)35(47)41(9,50)31(14-2)54-37(48)27(34)7/h15-18,23-27,30-31,33-36,38,46-47,50H,13-14,19-22H2,1-12H3,(H,43,49)/b44-32-/t23-,24-,25+,26+,27-,30+,31-,33-,34+,35-,36-,38+,40-,41-/m1/s1. The van der Waals surface area contributed by atoms with Gasteiger partial charge in [0.1, 0.15) is 30.5 Å². The third-order valence-electron chi connectivity index (χ3n) is 11.6. The molecule has 2 saturated heterocycles. The molecule has 2 aliphatic heterocycles. The average molecular weight is 814 g/mol. The van der Waals surface area contributed by atoms with E-state index in [2.05, 4.69) is 10.5 Å². The number of likely N-dealkylation sites (N-methyl/N-ethyl adjacent to an activating group) is 1. The molecule has 56 heavy (non-hydrogen) atoms. The van der Waals surface area contributed by atoms with Crippen molar-refractivity contribution in [1.82, 2.24) is 10.2 Å². The number of alkyl carbamates (subject to hydrolysis) is 1. The number of nitrogens with zero attached hydrogens (tertiary/aromatic N) is 2. The summed E-state index contributed by atoms with van der Waals surface area (Å²) in [7, 11) is 5.29. The fourth-order valence-corrected chi connectivity index (χ4v) is 8.34. The van der Waals surface area contributed by atoms with Crippen LogP contribution in [0.1, 0.15) is 93.6 Å². The summed E-state index contributed by atoms with van der Waals surface area (Å²) in [5.74, 6) is -3.93. The van der Waals surface area contributed by atoms with Gasteiger partial charge in [-0.05, 0) is 73.5 Å². The second kappa shape index (κ2) is 20.9. The second-order valence-corrected chi connectivity index (χ2v) is 16.8. The minimum atomic E-state index is -1.94. The molecule has 0 spiro atoms. The highest BCUT2D eigenvalue weighted by molar-refractivity contribution is 6.31. The molecule has 4 N–H and O–H groups in total. The predicted octanol–water partition coefficient (Wildman–Crippen LogP) is 5.32. The first kappa shape index (κ1) is 47.8. The van der Waals surface area contributed by atoms with Gasteiger partial charge in [-0.25, -0.2) is 4.79 Å². The Balaban J connectivity index is 2.25. The highest BCUT2D eigenvalue weighted by atomic mass is 35.5. The topological polar surface area (TPSA) is 178 Å². The number of oxime groups is 1. The van der Waals surface area contributed by atoms with Crippen molar-refractivity contribution in [2.45, 2.75) is 155 Å². The molecule has 14 nitrogen and oxygen atoms in total. The van der Waals surface area contributed by atoms with Crippen LogP contribution < -0.4 is 5.32 Å². The number of carbonyl (C=O) groups is 2. The summed E-state index contributed by atoms with van der Waals surface area (Å²) >= 11 is 6.41. The van der Waals surface area contributed by atoms with Crippen molar-refractivity contribution < 1.29 is 53.4 Å². The van der Waals surface area contributed by atoms with Crippen LogP contribution in [0.4, 0.5) is 4.79 Å². The molecule has 0 saturated carbocycles. The third kappa shape index (κ3) is 11.6. The molecule has 0 unspecified atom stereocenters. The molecule has 14 atom stereocenters. The number of aliphatic hydroxyl groups is 3. The first-order chi connectivity index (χ1) is 26.2. The van der Waals surface area contributed by atoms with E-state index in [0.29, 0.717) is 35.7 Å². The van der Waals surface area contributed by atoms with Crippen LogP contribution in [-0.4, -0.2) is 126 Å². The fourth-order valence-electron chi connectivity index (χ4n) is 8.15. The van der Waals surface area contributed by atoms with Gasteiger partial charge in [-0.3, -0.25) is 4.79 Å². The number of hydrogen-bond acceptors (Lipinski definition) is 13. The van der Waals surface area contributed by atoms with Crippen molar-refractivity contribution in [3.8, 4) is 0 Å². The maximum atomic E-state index is 14.1. The van der Waals surface area contributed by atoms with Gasteiger partial charge < -0.3 is 54.1 Å². The number of methoxy groups -OCH3 is 1. The minimum Gasteiger partial charge on any atom is -0.459 e. The monoisotopic (exact) mass is 813 g/mol. The second-order valence-electron chi connectivity index (χ2n) is 16.4. The highest BCUT2D eigenvalue weighted by Crippen LogP contribution is 2.40. The molecule has 15 heteroatoms. The molecule has 2 heterocycles. The summed E-state index contributed by atoms with van der Waals surface area (Å²) in [6.07, 6.45) is -6.39. The smallest absolute Gasteiger partial charge is 0.407 e. The Bertz CT molecular complexity index is 1450. The largest absolute Gasteiger partial charge is 0.459 e. The van der Waals surface area contributed by atoms with Crippen LogP contribution in [0.5, 0.6) is 0 Å². The van der Waals surface area contributed by atoms with E-state index < -0.39 is 83.7 Å². The molecule has 2 fully saturated rings. The van der Waals surface area contributed by atoms with Crippen LogP contribution in [0.15, 0.2) is 29.4 Å². The van der Waals surface area contributed by atoms with E-state index in [0.717, 1.165) is 0 Å². The maximum Gasteiger partial charge on any atom is 0.407 e. The highest BCUT2D eigenvalue weighted by Gasteiger charge is 2.52. The summed E-state index contributed by atoms with van der Waals surface area (Å²) in [6.45, 7) is 16.2. The number of aliphatic hydroxyl groups excluding tert-OH is 2. The number of carbonyl (C=O) groups excluding carboxylic acids is 2. The van der Waals surface area contributed by atoms with E-state index in [4.69, 9.17) is 40.1 Å². The van der Waals surface area contributed by atoms with Crippen molar-refractivity contribution in [3.05, 3.63) is 34.9 Å². The first-order valence-electron chi connectivity index (χ1n) is 19.9. The predicted molar refractivity (Wildman–Crippen MR) is 213 cm³/mol. The number of cyclic esters (lactones) is 1. The summed E-state index contributed by atoms with van der Waals surface area (Å²) in [5.41, 5.74) is -2.09. The molecule has 1 aromatic carbocycles. The van der Waals surface area contributed by atoms with Gasteiger partial charge in [-0.1, -0.05) is 69.6 Å². The van der Waals surface area contributed by atoms with Crippen LogP contribution in [0.2, 0.25) is 5.02 Å². The molecule has 3 rings (SSSR count). The van der Waals surface area contributed by atoms with Crippen LogP contribution in [0, 0.1) is 23.7 Å². The van der Waals surface area contributed by atoms with Crippen molar-refractivity contribution in [2.24, 2.45) is 28.8 Å². The Morgan fingerprint density at radius 1 is 1.09 bits per heavy atom. The number of amides is 1. The van der Waals surface area contributed by atoms with Gasteiger partial charge in [0.05, 0.1) is 35.5 Å². The molecule has 2 aliphatic rings. The van der Waals surface area contributed by atoms with E-state index in [1.807, 2.05) is 64.9 Å². The number of rotatable bonds is 11. The Kier molecular flexibility index (Phi) is 17.9. The first-order valence-corrected chi connectivity index (χ1v) is 20.3. The van der Waals surface area contributed by atoms with Gasteiger partial charge in [-0.2, -0.15) is 0 Å². The van der Waals surface area contributed by atoms with Gasteiger partial charge >= 0.3 is 12.1 Å². The molecule has 0 bridgehead atoms. The molecule has 0 radical (unpaired) electrons. The lowest BCUT2D eigenvalue weighted by molar-refractivity contribution is -0.301. The van der Waals surface area contributed by atoms with Crippen molar-refractivity contribution in [3.63, 3.8) is 0 Å². The van der Waals surface area contributed by atoms with E-state index >= 15 is 0 Å². The summed E-state index contributed by atoms with van der Waals surface area (Å²) in [6, 6.07) is 6.92. The zero-order chi connectivity index (χ0) is 42.1. The fraction of sp³-hybridized carbons (Fsp3) is 0.780. The number of halogens is 1. The molecule has 0 aliphatic carbocycles. The lowest BCUT2D eigenvalue weighted by atomic mass is 9.73. The molecular weight excluding hydrogens is 746 g/mol. The molecular formula is C41H68ClN3O11. The number of esters is 1. The third-order valence-corrected chi connectivity index (χ3v) is 12.0. The molecule has 1 amide bonds. The van der Waals surface area contributed by atoms with E-state index in [1.54, 1.807) is 33.8 Å². The van der Waals surface area contributed by atoms with Crippen LogP contribution in [0.3, 0.4) is 0 Å². The van der Waals surface area contributed by atoms with E-state index in [-0.39, 0.29) is 31.6 Å². The van der Waals surface area contributed by atoms with Crippen molar-refractivity contribution in [1.29, 1.82) is 0 Å². The van der Waals surface area contributed by atoms with Gasteiger partial charge in [0, 0.05) is 48.0 Å². The molecule has 320 valence electrons. The lowest BCUT2D eigenvalue weighted by Gasteiger charge is -2.48. The van der Waals surface area contributed by atoms with Gasteiger partial charge in [0.2, 0.25) is 0 Å². The van der Waals surface area contributed by atoms with Gasteiger partial charge in [0.15, 0.2) is 6.29 Å². The van der Waals surface area contributed by atoms with Crippen LogP contribution in [0.25, 0.3) is 0 Å². The number of ether oxygens (including phenoxy) is 5. The Labute approximate surface area is 338 Å². The SMILES string of the molecule is CCCNC(=O)O[C@H]1[C@H](C)[C@@H](O[C@@H]2O[C@H](C)C[C@H](N(C)C)[C@H]2O)[C@](C)(OC)C[C@@H](C)/C(=N/OCc2ccccc2Cl)[C@H](C)[C@@H](O)[C@](C)(O)[C@@H](CC)OC(=O)[C@@H]1C. The summed E-state index contributed by atoms with van der Waals surface area (Å²) < 4.78 is 31.5.